The van der Waals surface area contributed by atoms with Gasteiger partial charge < -0.3 is 10.0 Å². The normalized spacial score (nSPS) is 22.0. The second-order valence-electron chi connectivity index (χ2n) is 5.50. The molecule has 0 aliphatic carbocycles. The molecule has 1 fully saturated rings. The summed E-state index contributed by atoms with van der Waals surface area (Å²) in [6.45, 7) is 1.21. The Bertz CT molecular complexity index is 492. The van der Waals surface area contributed by atoms with Crippen molar-refractivity contribution in [2.45, 2.75) is 19.3 Å². The molecule has 0 spiro atoms. The van der Waals surface area contributed by atoms with E-state index in [2.05, 4.69) is 0 Å². The molecule has 1 aromatic rings. The van der Waals surface area contributed by atoms with Gasteiger partial charge in [-0.15, -0.1) is 11.6 Å². The van der Waals surface area contributed by atoms with Crippen LogP contribution in [0.1, 0.15) is 29.6 Å². The summed E-state index contributed by atoms with van der Waals surface area (Å²) in [5.74, 6) is 0.0150. The van der Waals surface area contributed by atoms with Gasteiger partial charge in [0.25, 0.3) is 5.91 Å². The Morgan fingerprint density at radius 1 is 1.24 bits per heavy atom. The number of piperidine rings is 1. The summed E-state index contributed by atoms with van der Waals surface area (Å²) in [4.78, 5) is 25.2. The predicted octanol–water partition coefficient (Wildman–Crippen LogP) is 2.87. The quantitative estimate of drug-likeness (QED) is 0.851. The fourth-order valence-corrected chi connectivity index (χ4v) is 3.27. The Kier molecular flexibility index (Phi) is 5.62. The van der Waals surface area contributed by atoms with E-state index in [0.717, 1.165) is 12.8 Å². The van der Waals surface area contributed by atoms with Crippen LogP contribution in [0.3, 0.4) is 0 Å². The van der Waals surface area contributed by atoms with Gasteiger partial charge in [-0.3, -0.25) is 9.59 Å². The van der Waals surface area contributed by atoms with E-state index < -0.39 is 5.97 Å². The fourth-order valence-electron chi connectivity index (χ4n) is 2.99. The molecule has 2 atom stereocenters. The van der Waals surface area contributed by atoms with Crippen LogP contribution >= 0.6 is 11.6 Å². The number of benzene rings is 1. The topological polar surface area (TPSA) is 57.6 Å². The molecule has 1 aromatic carbocycles. The third-order valence-electron chi connectivity index (χ3n) is 4.12. The molecular formula is C16H20ClNO3. The van der Waals surface area contributed by atoms with Crippen molar-refractivity contribution in [1.29, 1.82) is 0 Å². The third kappa shape index (κ3) is 4.21. The second-order valence-corrected chi connectivity index (χ2v) is 5.88. The van der Waals surface area contributed by atoms with E-state index in [1.54, 1.807) is 0 Å². The number of nitrogens with zero attached hydrogens (tertiary/aromatic N) is 1. The van der Waals surface area contributed by atoms with Crippen molar-refractivity contribution in [3.05, 3.63) is 35.9 Å². The highest BCUT2D eigenvalue weighted by molar-refractivity contribution is 6.17. The van der Waals surface area contributed by atoms with Gasteiger partial charge in [0.2, 0.25) is 0 Å². The van der Waals surface area contributed by atoms with Gasteiger partial charge in [-0.05, 0) is 36.8 Å². The third-order valence-corrected chi connectivity index (χ3v) is 4.33. The van der Waals surface area contributed by atoms with E-state index in [-0.39, 0.29) is 24.2 Å². The van der Waals surface area contributed by atoms with Crippen molar-refractivity contribution in [2.24, 2.45) is 11.8 Å². The van der Waals surface area contributed by atoms with Gasteiger partial charge in [-0.2, -0.15) is 0 Å². The van der Waals surface area contributed by atoms with Crippen LogP contribution in [-0.4, -0.2) is 40.9 Å². The monoisotopic (exact) mass is 309 g/mol. The maximum Gasteiger partial charge on any atom is 0.303 e. The number of hydrogen-bond donors (Lipinski definition) is 1. The number of carboxylic acid groups (broad SMARTS) is 1. The van der Waals surface area contributed by atoms with Gasteiger partial charge >= 0.3 is 5.97 Å². The molecule has 1 heterocycles. The van der Waals surface area contributed by atoms with Gasteiger partial charge in [-0.25, -0.2) is 0 Å². The van der Waals surface area contributed by atoms with Crippen LogP contribution in [0.5, 0.6) is 0 Å². The van der Waals surface area contributed by atoms with E-state index in [1.165, 1.54) is 0 Å². The van der Waals surface area contributed by atoms with Crippen LogP contribution < -0.4 is 0 Å². The first kappa shape index (κ1) is 15.8. The number of likely N-dealkylation sites (tertiary alicyclic amines) is 1. The molecule has 0 bridgehead atoms. The van der Waals surface area contributed by atoms with Crippen molar-refractivity contribution in [2.75, 3.05) is 19.0 Å². The number of rotatable bonds is 5. The highest BCUT2D eigenvalue weighted by Crippen LogP contribution is 2.30. The summed E-state index contributed by atoms with van der Waals surface area (Å²) in [6.07, 6.45) is 1.64. The van der Waals surface area contributed by atoms with Gasteiger partial charge in [0.05, 0.1) is 0 Å². The van der Waals surface area contributed by atoms with Crippen molar-refractivity contribution in [1.82, 2.24) is 4.90 Å². The molecule has 1 N–H and O–H groups in total. The first-order valence-electron chi connectivity index (χ1n) is 7.24. The average molecular weight is 310 g/mol. The van der Waals surface area contributed by atoms with Crippen molar-refractivity contribution in [3.63, 3.8) is 0 Å². The van der Waals surface area contributed by atoms with E-state index in [4.69, 9.17) is 16.7 Å². The van der Waals surface area contributed by atoms with Crippen LogP contribution in [0.2, 0.25) is 0 Å². The summed E-state index contributed by atoms with van der Waals surface area (Å²) in [5, 5.41) is 8.99. The number of carbonyl (C=O) groups is 2. The lowest BCUT2D eigenvalue weighted by molar-refractivity contribution is -0.139. The maximum absolute atomic E-state index is 12.5. The molecule has 1 aliphatic rings. The fraction of sp³-hybridized carbons (Fsp3) is 0.500. The Morgan fingerprint density at radius 2 is 1.95 bits per heavy atom. The van der Waals surface area contributed by atoms with Crippen molar-refractivity contribution < 1.29 is 14.7 Å². The van der Waals surface area contributed by atoms with Crippen molar-refractivity contribution in [3.8, 4) is 0 Å². The lowest BCUT2D eigenvalue weighted by Gasteiger charge is -2.38. The summed E-state index contributed by atoms with van der Waals surface area (Å²) in [5.41, 5.74) is 0.679. The number of amides is 1. The number of carbonyl (C=O) groups excluding carboxylic acids is 1. The highest BCUT2D eigenvalue weighted by atomic mass is 35.5. The molecule has 5 heteroatoms. The summed E-state index contributed by atoms with van der Waals surface area (Å²) in [7, 11) is 0. The number of halogens is 1. The van der Waals surface area contributed by atoms with Gasteiger partial charge in [0.15, 0.2) is 0 Å². The van der Waals surface area contributed by atoms with E-state index in [0.29, 0.717) is 24.5 Å². The second kappa shape index (κ2) is 7.46. The number of aliphatic carboxylic acids is 1. The molecule has 1 amide bonds. The Labute approximate surface area is 129 Å². The molecule has 21 heavy (non-hydrogen) atoms. The molecule has 0 radical (unpaired) electrons. The van der Waals surface area contributed by atoms with E-state index in [1.807, 2.05) is 35.2 Å². The Hall–Kier alpha value is -1.55. The summed E-state index contributed by atoms with van der Waals surface area (Å²) < 4.78 is 0. The Balaban J connectivity index is 2.04. The molecule has 4 nitrogen and oxygen atoms in total. The Morgan fingerprint density at radius 3 is 2.57 bits per heavy atom. The zero-order chi connectivity index (χ0) is 15.2. The van der Waals surface area contributed by atoms with Gasteiger partial charge in [0.1, 0.15) is 0 Å². The molecule has 2 rings (SSSR count). The molecule has 0 unspecified atom stereocenters. The van der Waals surface area contributed by atoms with Crippen LogP contribution in [-0.2, 0) is 4.79 Å². The minimum Gasteiger partial charge on any atom is -0.481 e. The zero-order valence-electron chi connectivity index (χ0n) is 11.9. The van der Waals surface area contributed by atoms with Crippen LogP contribution in [0.15, 0.2) is 30.3 Å². The van der Waals surface area contributed by atoms with Crippen LogP contribution in [0.25, 0.3) is 0 Å². The predicted molar refractivity (Wildman–Crippen MR) is 81.5 cm³/mol. The lowest BCUT2D eigenvalue weighted by Crippen LogP contribution is -2.44. The highest BCUT2D eigenvalue weighted by Gasteiger charge is 2.32. The standard InChI is InChI=1S/C16H20ClNO3/c17-8-6-14-11-18(9-7-13(14)10-15(19)20)16(21)12-4-2-1-3-5-12/h1-5,13-14H,6-11H2,(H,19,20)/t13-,14+/m0/s1. The minimum absolute atomic E-state index is 0.0175. The lowest BCUT2D eigenvalue weighted by atomic mass is 9.81. The van der Waals surface area contributed by atoms with Crippen LogP contribution in [0, 0.1) is 11.8 Å². The minimum atomic E-state index is -0.776. The summed E-state index contributed by atoms with van der Waals surface area (Å²) in [6, 6.07) is 9.19. The number of alkyl halides is 1. The molecular weight excluding hydrogens is 290 g/mol. The average Bonchev–Trinajstić information content (AvgIpc) is 2.49. The van der Waals surface area contributed by atoms with E-state index in [9.17, 15) is 9.59 Å². The molecule has 114 valence electrons. The first-order valence-corrected chi connectivity index (χ1v) is 7.77. The van der Waals surface area contributed by atoms with Gasteiger partial charge in [-0.1, -0.05) is 18.2 Å². The molecule has 0 aromatic heterocycles. The smallest absolute Gasteiger partial charge is 0.303 e. The molecule has 0 saturated carbocycles. The zero-order valence-corrected chi connectivity index (χ0v) is 12.6. The molecule has 1 aliphatic heterocycles. The summed E-state index contributed by atoms with van der Waals surface area (Å²) >= 11 is 5.83. The SMILES string of the molecule is O=C(O)C[C@@H]1CCN(C(=O)c2ccccc2)C[C@H]1CCCl. The van der Waals surface area contributed by atoms with E-state index >= 15 is 0 Å². The van der Waals surface area contributed by atoms with Gasteiger partial charge in [0, 0.05) is 31.0 Å². The molecule has 1 saturated heterocycles. The number of hydrogen-bond acceptors (Lipinski definition) is 2. The maximum atomic E-state index is 12.5. The number of carboxylic acids is 1. The largest absolute Gasteiger partial charge is 0.481 e. The van der Waals surface area contributed by atoms with Crippen LogP contribution in [0.4, 0.5) is 0 Å². The van der Waals surface area contributed by atoms with Crippen molar-refractivity contribution >= 4 is 23.5 Å². The first-order chi connectivity index (χ1) is 10.1.